The number of carbonyl (C=O) groups is 3. The number of halogens is 2. The molecule has 1 aliphatic heterocycles. The van der Waals surface area contributed by atoms with Crippen molar-refractivity contribution in [1.82, 2.24) is 15.2 Å². The summed E-state index contributed by atoms with van der Waals surface area (Å²) in [4.78, 5) is 46.5. The fourth-order valence-electron chi connectivity index (χ4n) is 4.62. The zero-order valence-electron chi connectivity index (χ0n) is 25.1. The van der Waals surface area contributed by atoms with Gasteiger partial charge in [-0.25, -0.2) is 14.7 Å². The monoisotopic (exact) mass is 677 g/mol. The molecule has 1 atom stereocenters. The molecule has 1 aliphatic rings. The van der Waals surface area contributed by atoms with Gasteiger partial charge in [-0.3, -0.25) is 14.5 Å². The number of nitrogens with one attached hydrogen (secondary N) is 1. The second-order valence-corrected chi connectivity index (χ2v) is 14.5. The van der Waals surface area contributed by atoms with E-state index in [1.165, 1.54) is 30.0 Å². The molecule has 1 saturated heterocycles. The number of nitrogens with zero attached hydrogens (tertiary/aromatic N) is 3. The van der Waals surface area contributed by atoms with Crippen LogP contribution >= 0.6 is 46.3 Å². The van der Waals surface area contributed by atoms with E-state index < -0.39 is 23.6 Å². The molecule has 9 nitrogen and oxygen atoms in total. The number of ether oxygens (including phenoxy) is 1. The molecule has 44 heavy (non-hydrogen) atoms. The van der Waals surface area contributed by atoms with Gasteiger partial charge in [-0.2, -0.15) is 0 Å². The standard InChI is InChI=1S/C31H37Cl2N5O4S2/c1-19(34)28(40)38(30(41)42-31(2,3)4)23-7-5-6-21(15-23)26-17-43-29(36-26)44-18-27(39)35-22-10-12-37(13-11-22)16-20-8-9-24(32)25(33)14-20/h5-9,14-15,17,19,22H,10-13,16,18,34H2,1-4H3,(H,35,39)/t19-/m0/s1. The van der Waals surface area contributed by atoms with Crippen molar-refractivity contribution in [1.29, 1.82) is 0 Å². The van der Waals surface area contributed by atoms with Gasteiger partial charge >= 0.3 is 6.09 Å². The number of benzene rings is 2. The van der Waals surface area contributed by atoms with Gasteiger partial charge < -0.3 is 15.8 Å². The molecule has 1 aromatic heterocycles. The Morgan fingerprint density at radius 2 is 1.89 bits per heavy atom. The third kappa shape index (κ3) is 9.66. The quantitative estimate of drug-likeness (QED) is 0.243. The summed E-state index contributed by atoms with van der Waals surface area (Å²) < 4.78 is 6.21. The number of aromatic nitrogens is 1. The molecule has 0 radical (unpaired) electrons. The smallest absolute Gasteiger partial charge is 0.421 e. The lowest BCUT2D eigenvalue weighted by Crippen LogP contribution is -2.47. The van der Waals surface area contributed by atoms with Gasteiger partial charge in [0.05, 0.1) is 33.2 Å². The zero-order chi connectivity index (χ0) is 32.0. The van der Waals surface area contributed by atoms with Crippen LogP contribution in [0.15, 0.2) is 52.2 Å². The number of amides is 3. The molecular weight excluding hydrogens is 641 g/mol. The van der Waals surface area contributed by atoms with Gasteiger partial charge in [0, 0.05) is 36.6 Å². The molecule has 3 N–H and O–H groups in total. The van der Waals surface area contributed by atoms with Crippen LogP contribution in [-0.4, -0.2) is 64.3 Å². The van der Waals surface area contributed by atoms with E-state index in [1.807, 2.05) is 29.6 Å². The highest BCUT2D eigenvalue weighted by molar-refractivity contribution is 8.01. The number of hydrogen-bond acceptors (Lipinski definition) is 9. The minimum atomic E-state index is -0.902. The highest BCUT2D eigenvalue weighted by Crippen LogP contribution is 2.31. The Bertz CT molecular complexity index is 1490. The lowest BCUT2D eigenvalue weighted by Gasteiger charge is -2.32. The Morgan fingerprint density at radius 3 is 2.55 bits per heavy atom. The van der Waals surface area contributed by atoms with E-state index in [0.29, 0.717) is 27.0 Å². The molecule has 3 aromatic rings. The van der Waals surface area contributed by atoms with Crippen LogP contribution in [0.25, 0.3) is 11.3 Å². The van der Waals surface area contributed by atoms with Crippen molar-refractivity contribution in [2.45, 2.75) is 69.1 Å². The average molecular weight is 679 g/mol. The second-order valence-electron chi connectivity index (χ2n) is 11.6. The summed E-state index contributed by atoms with van der Waals surface area (Å²) >= 11 is 15.0. The van der Waals surface area contributed by atoms with Gasteiger partial charge in [-0.05, 0) is 70.4 Å². The summed E-state index contributed by atoms with van der Waals surface area (Å²) in [6.07, 6.45) is 0.956. The maximum atomic E-state index is 12.9. The highest BCUT2D eigenvalue weighted by Gasteiger charge is 2.31. The van der Waals surface area contributed by atoms with E-state index in [0.717, 1.165) is 47.3 Å². The van der Waals surface area contributed by atoms with Crippen molar-refractivity contribution in [3.8, 4) is 11.3 Å². The second kappa shape index (κ2) is 15.1. The van der Waals surface area contributed by atoms with Crippen LogP contribution in [0, 0.1) is 0 Å². The van der Waals surface area contributed by atoms with Crippen molar-refractivity contribution in [2.24, 2.45) is 5.73 Å². The van der Waals surface area contributed by atoms with E-state index in [2.05, 4.69) is 15.2 Å². The number of rotatable bonds is 9. The number of piperidine rings is 1. The number of hydrogen-bond donors (Lipinski definition) is 2. The van der Waals surface area contributed by atoms with E-state index in [1.54, 1.807) is 39.0 Å². The molecule has 0 saturated carbocycles. The van der Waals surface area contributed by atoms with Gasteiger partial charge in [0.25, 0.3) is 5.91 Å². The van der Waals surface area contributed by atoms with Crippen molar-refractivity contribution in [3.63, 3.8) is 0 Å². The van der Waals surface area contributed by atoms with Crippen LogP contribution in [-0.2, 0) is 20.9 Å². The van der Waals surface area contributed by atoms with E-state index in [9.17, 15) is 14.4 Å². The minimum absolute atomic E-state index is 0.0286. The Labute approximate surface area is 276 Å². The summed E-state index contributed by atoms with van der Waals surface area (Å²) in [7, 11) is 0. The fraction of sp³-hybridized carbons (Fsp3) is 0.419. The SMILES string of the molecule is C[C@H](N)C(=O)N(C(=O)OC(C)(C)C)c1cccc(-c2csc(SCC(=O)NC3CCN(Cc4ccc(Cl)c(Cl)c4)CC3)n2)c1. The third-order valence-corrected chi connectivity index (χ3v) is 9.50. The fourth-order valence-corrected chi connectivity index (χ4v) is 6.59. The molecule has 0 spiro atoms. The largest absolute Gasteiger partial charge is 0.443 e. The molecule has 1 fully saturated rings. The Kier molecular flexibility index (Phi) is 11.7. The van der Waals surface area contributed by atoms with Crippen molar-refractivity contribution < 1.29 is 19.1 Å². The molecule has 0 bridgehead atoms. The Hall–Kier alpha value is -2.67. The predicted octanol–water partition coefficient (Wildman–Crippen LogP) is 6.61. The number of thiazole rings is 1. The maximum absolute atomic E-state index is 12.9. The summed E-state index contributed by atoms with van der Waals surface area (Å²) in [5.74, 6) is -0.348. The molecule has 0 unspecified atom stereocenters. The number of imide groups is 1. The average Bonchev–Trinajstić information content (AvgIpc) is 3.43. The number of thioether (sulfide) groups is 1. The number of likely N-dealkylation sites (tertiary alicyclic amines) is 1. The van der Waals surface area contributed by atoms with Gasteiger partial charge in [0.15, 0.2) is 4.34 Å². The van der Waals surface area contributed by atoms with Crippen LogP contribution in [0.2, 0.25) is 10.0 Å². The molecule has 2 aromatic carbocycles. The Morgan fingerprint density at radius 1 is 1.16 bits per heavy atom. The topological polar surface area (TPSA) is 118 Å². The molecule has 0 aliphatic carbocycles. The van der Waals surface area contributed by atoms with Crippen LogP contribution in [0.4, 0.5) is 10.5 Å². The molecule has 4 rings (SSSR count). The third-order valence-electron chi connectivity index (χ3n) is 6.74. The molecule has 3 amide bonds. The van der Waals surface area contributed by atoms with E-state index in [-0.39, 0.29) is 17.7 Å². The summed E-state index contributed by atoms with van der Waals surface area (Å²) in [6, 6.07) is 11.9. The van der Waals surface area contributed by atoms with E-state index >= 15 is 0 Å². The molecule has 236 valence electrons. The van der Waals surface area contributed by atoms with E-state index in [4.69, 9.17) is 33.7 Å². The highest BCUT2D eigenvalue weighted by atomic mass is 35.5. The lowest BCUT2D eigenvalue weighted by molar-refractivity contribution is -0.120. The lowest BCUT2D eigenvalue weighted by atomic mass is 10.0. The van der Waals surface area contributed by atoms with Crippen molar-refractivity contribution in [2.75, 3.05) is 23.7 Å². The minimum Gasteiger partial charge on any atom is -0.443 e. The summed E-state index contributed by atoms with van der Waals surface area (Å²) in [6.45, 7) is 9.27. The number of anilines is 1. The number of carbonyl (C=O) groups excluding carboxylic acids is 3. The predicted molar refractivity (Wildman–Crippen MR) is 179 cm³/mol. The first-order valence-corrected chi connectivity index (χ1v) is 16.9. The molecular formula is C31H37Cl2N5O4S2. The summed E-state index contributed by atoms with van der Waals surface area (Å²) in [5.41, 5.74) is 7.89. The van der Waals surface area contributed by atoms with Crippen LogP contribution in [0.3, 0.4) is 0 Å². The normalized spacial score (nSPS) is 15.1. The zero-order valence-corrected chi connectivity index (χ0v) is 28.3. The Balaban J connectivity index is 1.30. The van der Waals surface area contributed by atoms with Crippen LogP contribution in [0.5, 0.6) is 0 Å². The summed E-state index contributed by atoms with van der Waals surface area (Å²) in [5, 5.41) is 6.15. The van der Waals surface area contributed by atoms with Crippen LogP contribution in [0.1, 0.15) is 46.1 Å². The van der Waals surface area contributed by atoms with Gasteiger partial charge in [-0.15, -0.1) is 11.3 Å². The van der Waals surface area contributed by atoms with Crippen molar-refractivity contribution >= 4 is 69.9 Å². The number of nitrogens with two attached hydrogens (primary N) is 1. The maximum Gasteiger partial charge on any atom is 0.421 e. The first-order chi connectivity index (χ1) is 20.8. The first kappa shape index (κ1) is 34.2. The molecule has 2 heterocycles. The van der Waals surface area contributed by atoms with Gasteiger partial charge in [0.2, 0.25) is 5.91 Å². The van der Waals surface area contributed by atoms with Crippen LogP contribution < -0.4 is 16.0 Å². The van der Waals surface area contributed by atoms with Crippen molar-refractivity contribution in [3.05, 3.63) is 63.5 Å². The van der Waals surface area contributed by atoms with Gasteiger partial charge in [0.1, 0.15) is 5.60 Å². The molecule has 13 heteroatoms. The first-order valence-electron chi connectivity index (χ1n) is 14.3. The van der Waals surface area contributed by atoms with Gasteiger partial charge in [-0.1, -0.05) is 53.2 Å².